The van der Waals surface area contributed by atoms with Gasteiger partial charge in [0.05, 0.1) is 17.9 Å². The minimum absolute atomic E-state index is 0.248. The Bertz CT molecular complexity index is 1200. The highest BCUT2D eigenvalue weighted by Gasteiger charge is 2.30. The fraction of sp³-hybridized carbons (Fsp3) is 0.250. The molecule has 9 heteroatoms. The zero-order valence-electron chi connectivity index (χ0n) is 18.5. The van der Waals surface area contributed by atoms with Crippen LogP contribution in [-0.4, -0.2) is 27.9 Å². The number of aromatic nitrogens is 2. The van der Waals surface area contributed by atoms with E-state index in [9.17, 15) is 9.18 Å². The molecule has 0 aliphatic carbocycles. The van der Waals surface area contributed by atoms with Gasteiger partial charge in [-0.25, -0.2) is 14.2 Å². The zero-order chi connectivity index (χ0) is 23.4. The number of allylic oxidation sites excluding steroid dienone is 1. The van der Waals surface area contributed by atoms with Crippen molar-refractivity contribution in [1.29, 1.82) is 0 Å². The van der Waals surface area contributed by atoms with Crippen LogP contribution in [0.2, 0.25) is 0 Å². The first kappa shape index (κ1) is 22.7. The smallest absolute Gasteiger partial charge is 0.338 e. The molecule has 1 aliphatic heterocycles. The molecule has 0 fully saturated rings. The van der Waals surface area contributed by atoms with Gasteiger partial charge in [0, 0.05) is 11.3 Å². The van der Waals surface area contributed by atoms with E-state index in [1.54, 1.807) is 26.0 Å². The molecule has 33 heavy (non-hydrogen) atoms. The fourth-order valence-corrected chi connectivity index (χ4v) is 4.12. The summed E-state index contributed by atoms with van der Waals surface area (Å²) < 4.78 is 24.5. The monoisotopic (exact) mass is 466 g/mol. The van der Waals surface area contributed by atoms with E-state index in [1.807, 2.05) is 31.2 Å². The molecule has 0 radical (unpaired) electrons. The Morgan fingerprint density at radius 2 is 1.85 bits per heavy atom. The number of rotatable bonds is 6. The number of ether oxygens (including phenoxy) is 1. The van der Waals surface area contributed by atoms with Gasteiger partial charge in [0.25, 0.3) is 0 Å². The van der Waals surface area contributed by atoms with Crippen LogP contribution in [0.15, 0.2) is 69.2 Å². The second-order valence-corrected chi connectivity index (χ2v) is 8.39. The van der Waals surface area contributed by atoms with Crippen LogP contribution in [0.5, 0.6) is 0 Å². The van der Waals surface area contributed by atoms with Crippen LogP contribution in [-0.2, 0) is 15.3 Å². The molecule has 2 aromatic carbocycles. The molecule has 7 nitrogen and oxygen atoms in total. The largest absolute Gasteiger partial charge is 0.463 e. The second-order valence-electron chi connectivity index (χ2n) is 7.43. The van der Waals surface area contributed by atoms with Gasteiger partial charge >= 0.3 is 5.97 Å². The number of esters is 1. The third-order valence-electron chi connectivity index (χ3n) is 5.00. The molecule has 1 atom stereocenters. The Balaban J connectivity index is 1.53. The summed E-state index contributed by atoms with van der Waals surface area (Å²) in [5.74, 6) is 0.489. The Morgan fingerprint density at radius 1 is 1.12 bits per heavy atom. The third kappa shape index (κ3) is 5.31. The molecule has 0 saturated carbocycles. The van der Waals surface area contributed by atoms with Crippen molar-refractivity contribution in [1.82, 2.24) is 15.5 Å². The van der Waals surface area contributed by atoms with E-state index in [1.165, 1.54) is 23.9 Å². The summed E-state index contributed by atoms with van der Waals surface area (Å²) in [7, 11) is 0. The van der Waals surface area contributed by atoms with Gasteiger partial charge in [-0.2, -0.15) is 0 Å². The molecule has 0 amide bonds. The van der Waals surface area contributed by atoms with Crippen LogP contribution in [0.4, 0.5) is 4.39 Å². The van der Waals surface area contributed by atoms with Gasteiger partial charge in [-0.15, -0.1) is 10.2 Å². The third-order valence-corrected chi connectivity index (χ3v) is 5.87. The second kappa shape index (κ2) is 9.99. The van der Waals surface area contributed by atoms with Gasteiger partial charge in [0.15, 0.2) is 5.17 Å². The quantitative estimate of drug-likeness (QED) is 0.514. The first-order valence-corrected chi connectivity index (χ1v) is 11.4. The molecular weight excluding hydrogens is 443 g/mol. The number of hydrogen-bond donors (Lipinski definition) is 1. The highest BCUT2D eigenvalue weighted by Crippen LogP contribution is 2.33. The van der Waals surface area contributed by atoms with E-state index in [0.717, 1.165) is 11.1 Å². The minimum atomic E-state index is -0.612. The van der Waals surface area contributed by atoms with E-state index >= 15 is 0 Å². The van der Waals surface area contributed by atoms with Crippen LogP contribution >= 0.6 is 11.8 Å². The van der Waals surface area contributed by atoms with Crippen LogP contribution in [0.25, 0.3) is 11.5 Å². The van der Waals surface area contributed by atoms with Gasteiger partial charge in [-0.05, 0) is 50.6 Å². The summed E-state index contributed by atoms with van der Waals surface area (Å²) >= 11 is 1.38. The Kier molecular flexibility index (Phi) is 6.88. The lowest BCUT2D eigenvalue weighted by molar-refractivity contribution is -0.138. The number of nitrogens with one attached hydrogen (secondary N) is 1. The molecule has 1 unspecified atom stereocenters. The van der Waals surface area contributed by atoms with Gasteiger partial charge in [-0.1, -0.05) is 41.6 Å². The first-order valence-electron chi connectivity index (χ1n) is 10.4. The normalized spacial score (nSPS) is 15.8. The molecular formula is C24H23FN4O3S. The predicted octanol–water partition coefficient (Wildman–Crippen LogP) is 4.95. The number of benzene rings is 2. The number of halogens is 1. The predicted molar refractivity (Wildman–Crippen MR) is 125 cm³/mol. The van der Waals surface area contributed by atoms with E-state index in [4.69, 9.17) is 14.1 Å². The van der Waals surface area contributed by atoms with E-state index in [2.05, 4.69) is 15.5 Å². The summed E-state index contributed by atoms with van der Waals surface area (Å²) in [5, 5.41) is 12.0. The van der Waals surface area contributed by atoms with Gasteiger partial charge in [0.1, 0.15) is 11.9 Å². The molecule has 0 saturated heterocycles. The lowest BCUT2D eigenvalue weighted by Gasteiger charge is -2.25. The Labute approximate surface area is 195 Å². The first-order chi connectivity index (χ1) is 15.9. The average Bonchev–Trinajstić information content (AvgIpc) is 3.27. The van der Waals surface area contributed by atoms with Crippen molar-refractivity contribution >= 4 is 22.9 Å². The molecule has 2 heterocycles. The summed E-state index contributed by atoms with van der Waals surface area (Å²) in [6.45, 7) is 5.80. The molecule has 0 spiro atoms. The highest BCUT2D eigenvalue weighted by molar-refractivity contribution is 8.13. The van der Waals surface area contributed by atoms with E-state index < -0.39 is 12.0 Å². The molecule has 1 N–H and O–H groups in total. The van der Waals surface area contributed by atoms with Crippen molar-refractivity contribution in [2.75, 3.05) is 6.61 Å². The minimum Gasteiger partial charge on any atom is -0.463 e. The number of carbonyl (C=O) groups excluding carboxylic acids is 1. The highest BCUT2D eigenvalue weighted by atomic mass is 32.2. The maximum absolute atomic E-state index is 13.5. The van der Waals surface area contributed by atoms with Crippen molar-refractivity contribution < 1.29 is 18.3 Å². The Hall–Kier alpha value is -3.46. The number of thioether (sulfide) groups is 1. The van der Waals surface area contributed by atoms with Crippen LogP contribution < -0.4 is 5.32 Å². The molecule has 1 aliphatic rings. The maximum Gasteiger partial charge on any atom is 0.338 e. The number of nitrogens with zero attached hydrogens (tertiary/aromatic N) is 3. The van der Waals surface area contributed by atoms with E-state index in [-0.39, 0.29) is 12.4 Å². The number of amidine groups is 1. The van der Waals surface area contributed by atoms with Gasteiger partial charge in [0.2, 0.25) is 11.8 Å². The molecule has 1 aromatic heterocycles. The molecule has 3 aromatic rings. The van der Waals surface area contributed by atoms with Crippen LogP contribution in [0, 0.1) is 12.7 Å². The summed E-state index contributed by atoms with van der Waals surface area (Å²) in [4.78, 5) is 17.3. The number of carbonyl (C=O) groups is 1. The maximum atomic E-state index is 13.5. The lowest BCUT2D eigenvalue weighted by Crippen LogP contribution is -2.30. The van der Waals surface area contributed by atoms with Gasteiger partial charge < -0.3 is 14.5 Å². The number of aliphatic imine (C=N–C) groups is 1. The van der Waals surface area contributed by atoms with E-state index in [0.29, 0.717) is 39.5 Å². The average molecular weight is 467 g/mol. The summed E-state index contributed by atoms with van der Waals surface area (Å²) in [6, 6.07) is 13.2. The summed E-state index contributed by atoms with van der Waals surface area (Å²) in [6.07, 6.45) is 0. The topological polar surface area (TPSA) is 89.6 Å². The summed E-state index contributed by atoms with van der Waals surface area (Å²) in [5.41, 5.74) is 3.72. The van der Waals surface area contributed by atoms with Crippen molar-refractivity contribution in [3.05, 3.63) is 82.6 Å². The van der Waals surface area contributed by atoms with Crippen LogP contribution in [0.3, 0.4) is 0 Å². The van der Waals surface area contributed by atoms with Crippen molar-refractivity contribution in [3.63, 3.8) is 0 Å². The van der Waals surface area contributed by atoms with Crippen molar-refractivity contribution in [2.45, 2.75) is 32.6 Å². The molecule has 4 rings (SSSR count). The van der Waals surface area contributed by atoms with Crippen molar-refractivity contribution in [2.24, 2.45) is 4.99 Å². The molecule has 170 valence electrons. The fourth-order valence-electron chi connectivity index (χ4n) is 3.33. The Morgan fingerprint density at radius 3 is 2.55 bits per heavy atom. The SMILES string of the molecule is CCOC(=O)C1=C(C)NC(SCc2nnc(-c3ccc(C)cc3)o2)=NC1c1ccc(F)cc1. The standard InChI is InChI=1S/C24H23FN4O3S/c1-4-31-23(30)20-15(3)26-24(27-21(20)16-9-11-18(25)12-10-16)33-13-19-28-29-22(32-19)17-7-5-14(2)6-8-17/h5-12,21H,4,13H2,1-3H3,(H,26,27). The number of aryl methyl sites for hydroxylation is 1. The number of hydrogen-bond acceptors (Lipinski definition) is 8. The lowest BCUT2D eigenvalue weighted by atomic mass is 9.96. The van der Waals surface area contributed by atoms with Gasteiger partial charge in [-0.3, -0.25) is 0 Å². The van der Waals surface area contributed by atoms with Crippen LogP contribution in [0.1, 0.15) is 36.9 Å². The zero-order valence-corrected chi connectivity index (χ0v) is 19.3. The molecule has 0 bridgehead atoms. The van der Waals surface area contributed by atoms with Crippen molar-refractivity contribution in [3.8, 4) is 11.5 Å².